The molecule has 0 bridgehead atoms. The van der Waals surface area contributed by atoms with Crippen LogP contribution >= 0.6 is 0 Å². The fourth-order valence-corrected chi connectivity index (χ4v) is 3.13. The predicted molar refractivity (Wildman–Crippen MR) is 110 cm³/mol. The van der Waals surface area contributed by atoms with Gasteiger partial charge in [0.25, 0.3) is 0 Å². The molecule has 0 heterocycles. The molecule has 0 spiro atoms. The molecule has 0 amide bonds. The first-order chi connectivity index (χ1) is 12.7. The summed E-state index contributed by atoms with van der Waals surface area (Å²) in [5, 5.41) is 3.22. The first kappa shape index (κ1) is 22.6. The molecule has 1 aliphatic carbocycles. The van der Waals surface area contributed by atoms with Gasteiger partial charge in [-0.1, -0.05) is 78.1 Å². The highest BCUT2D eigenvalue weighted by Crippen LogP contribution is 2.10. The van der Waals surface area contributed by atoms with Gasteiger partial charge in [-0.25, -0.2) is 0 Å². The van der Waals surface area contributed by atoms with E-state index >= 15 is 0 Å². The summed E-state index contributed by atoms with van der Waals surface area (Å²) in [6.07, 6.45) is 16.2. The standard InChI is InChI=1S/C22H38N2O2/c1-3-5-7-9-11-13-15-23-19-17-20(22(26)18-21(19)25)24-16-14-12-10-8-6-4-2/h17,23H,3-16,18H2,1-2H3. The topological polar surface area (TPSA) is 58.5 Å². The first-order valence-electron chi connectivity index (χ1n) is 10.8. The Bertz CT molecular complexity index is 481. The van der Waals surface area contributed by atoms with E-state index in [4.69, 9.17) is 0 Å². The lowest BCUT2D eigenvalue weighted by atomic mass is 9.99. The molecule has 148 valence electrons. The third kappa shape index (κ3) is 9.88. The lowest BCUT2D eigenvalue weighted by Gasteiger charge is -2.15. The number of allylic oxidation sites excluding steroid dienone is 2. The third-order valence-electron chi connectivity index (χ3n) is 4.83. The van der Waals surface area contributed by atoms with Crippen LogP contribution in [0.3, 0.4) is 0 Å². The van der Waals surface area contributed by atoms with Crippen LogP contribution in [0, 0.1) is 0 Å². The van der Waals surface area contributed by atoms with Crippen molar-refractivity contribution < 1.29 is 9.59 Å². The summed E-state index contributed by atoms with van der Waals surface area (Å²) in [5.41, 5.74) is 1.04. The second kappa shape index (κ2) is 14.7. The van der Waals surface area contributed by atoms with E-state index in [0.717, 1.165) is 25.8 Å². The van der Waals surface area contributed by atoms with Crippen LogP contribution in [0.4, 0.5) is 0 Å². The number of hydrogen-bond donors (Lipinski definition) is 1. The Morgan fingerprint density at radius 1 is 0.808 bits per heavy atom. The Hall–Kier alpha value is -1.45. The molecule has 1 aliphatic rings. The molecule has 0 unspecified atom stereocenters. The van der Waals surface area contributed by atoms with Crippen LogP contribution in [0.5, 0.6) is 0 Å². The van der Waals surface area contributed by atoms with Crippen molar-refractivity contribution in [1.82, 2.24) is 5.32 Å². The van der Waals surface area contributed by atoms with Crippen molar-refractivity contribution in [1.29, 1.82) is 0 Å². The van der Waals surface area contributed by atoms with Gasteiger partial charge < -0.3 is 5.32 Å². The summed E-state index contributed by atoms with van der Waals surface area (Å²) in [4.78, 5) is 28.5. The predicted octanol–water partition coefficient (Wildman–Crippen LogP) is 5.16. The Morgan fingerprint density at radius 2 is 1.38 bits per heavy atom. The minimum absolute atomic E-state index is 0.0370. The van der Waals surface area contributed by atoms with Crippen LogP contribution in [0.2, 0.25) is 0 Å². The minimum atomic E-state index is -0.133. The summed E-state index contributed by atoms with van der Waals surface area (Å²) in [6.45, 7) is 5.91. The summed E-state index contributed by atoms with van der Waals surface area (Å²) < 4.78 is 0. The maximum absolute atomic E-state index is 12.0. The Kier molecular flexibility index (Phi) is 12.8. The van der Waals surface area contributed by atoms with Gasteiger partial charge in [0.05, 0.1) is 12.1 Å². The van der Waals surface area contributed by atoms with Crippen LogP contribution in [-0.2, 0) is 9.59 Å². The number of Topliss-reactive ketones (excluding diaryl/α,β-unsaturated/α-hetero) is 2. The number of nitrogens with zero attached hydrogens (tertiary/aromatic N) is 1. The average Bonchev–Trinajstić information content (AvgIpc) is 2.63. The molecule has 0 radical (unpaired) electrons. The largest absolute Gasteiger partial charge is 0.382 e. The van der Waals surface area contributed by atoms with Crippen molar-refractivity contribution >= 4 is 17.3 Å². The van der Waals surface area contributed by atoms with E-state index in [2.05, 4.69) is 24.2 Å². The summed E-state index contributed by atoms with van der Waals surface area (Å²) in [7, 11) is 0. The molecule has 26 heavy (non-hydrogen) atoms. The second-order valence-corrected chi connectivity index (χ2v) is 7.31. The summed E-state index contributed by atoms with van der Waals surface area (Å²) in [5.74, 6) is -0.231. The maximum Gasteiger partial charge on any atom is 0.188 e. The normalized spacial score (nSPS) is 16.2. The zero-order chi connectivity index (χ0) is 19.0. The fourth-order valence-electron chi connectivity index (χ4n) is 3.13. The van der Waals surface area contributed by atoms with Crippen LogP contribution in [0.15, 0.2) is 16.8 Å². The molecule has 1 N–H and O–H groups in total. The molecule has 0 saturated heterocycles. The molecule has 0 saturated carbocycles. The quantitative estimate of drug-likeness (QED) is 0.323. The molecule has 0 aromatic carbocycles. The number of hydrogen-bond acceptors (Lipinski definition) is 4. The van der Waals surface area contributed by atoms with Gasteiger partial charge in [-0.3, -0.25) is 14.6 Å². The van der Waals surface area contributed by atoms with Crippen LogP contribution in [0.25, 0.3) is 0 Å². The van der Waals surface area contributed by atoms with Gasteiger partial charge >= 0.3 is 0 Å². The summed E-state index contributed by atoms with van der Waals surface area (Å²) in [6, 6.07) is 0. The molecule has 1 rings (SSSR count). The van der Waals surface area contributed by atoms with E-state index in [1.165, 1.54) is 57.8 Å². The molecule has 0 aliphatic heterocycles. The minimum Gasteiger partial charge on any atom is -0.382 e. The highest BCUT2D eigenvalue weighted by Gasteiger charge is 2.24. The van der Waals surface area contributed by atoms with Gasteiger partial charge in [0.1, 0.15) is 5.71 Å². The van der Waals surface area contributed by atoms with Crippen LogP contribution in [-0.4, -0.2) is 30.4 Å². The molecular formula is C22H38N2O2. The smallest absolute Gasteiger partial charge is 0.188 e. The Labute approximate surface area is 159 Å². The molecule has 0 fully saturated rings. The van der Waals surface area contributed by atoms with Gasteiger partial charge in [0.2, 0.25) is 0 Å². The van der Waals surface area contributed by atoms with E-state index in [-0.39, 0.29) is 18.0 Å². The number of carbonyl (C=O) groups is 2. The van der Waals surface area contributed by atoms with Crippen LogP contribution < -0.4 is 5.32 Å². The van der Waals surface area contributed by atoms with Crippen molar-refractivity contribution in [3.8, 4) is 0 Å². The van der Waals surface area contributed by atoms with E-state index < -0.39 is 0 Å². The number of ketones is 2. The van der Waals surface area contributed by atoms with E-state index in [1.807, 2.05) is 0 Å². The zero-order valence-corrected chi connectivity index (χ0v) is 16.9. The molecule has 0 aromatic rings. The molecular weight excluding hydrogens is 324 g/mol. The molecule has 4 nitrogen and oxygen atoms in total. The first-order valence-corrected chi connectivity index (χ1v) is 10.8. The van der Waals surface area contributed by atoms with Crippen molar-refractivity contribution in [2.75, 3.05) is 13.1 Å². The number of rotatable bonds is 15. The Balaban J connectivity index is 2.33. The fraction of sp³-hybridized carbons (Fsp3) is 0.773. The lowest BCUT2D eigenvalue weighted by Crippen LogP contribution is -2.31. The second-order valence-electron chi connectivity index (χ2n) is 7.31. The van der Waals surface area contributed by atoms with Crippen molar-refractivity contribution in [2.24, 2.45) is 4.99 Å². The molecule has 0 atom stereocenters. The van der Waals surface area contributed by atoms with Gasteiger partial charge in [-0.15, -0.1) is 0 Å². The van der Waals surface area contributed by atoms with E-state index in [0.29, 0.717) is 18.0 Å². The van der Waals surface area contributed by atoms with Crippen molar-refractivity contribution in [2.45, 2.75) is 97.3 Å². The highest BCUT2D eigenvalue weighted by atomic mass is 16.2. The van der Waals surface area contributed by atoms with E-state index in [1.54, 1.807) is 6.08 Å². The highest BCUT2D eigenvalue weighted by molar-refractivity contribution is 6.50. The third-order valence-corrected chi connectivity index (χ3v) is 4.83. The monoisotopic (exact) mass is 362 g/mol. The SMILES string of the molecule is CCCCCCCCN=C1C=C(NCCCCCCCC)C(=O)CC1=O. The van der Waals surface area contributed by atoms with E-state index in [9.17, 15) is 9.59 Å². The zero-order valence-electron chi connectivity index (χ0n) is 16.9. The maximum atomic E-state index is 12.0. The van der Waals surface area contributed by atoms with Gasteiger partial charge in [0, 0.05) is 13.1 Å². The number of unbranched alkanes of at least 4 members (excludes halogenated alkanes) is 10. The Morgan fingerprint density at radius 3 is 2.04 bits per heavy atom. The molecule has 4 heteroatoms. The van der Waals surface area contributed by atoms with Crippen molar-refractivity contribution in [3.63, 3.8) is 0 Å². The number of aliphatic imine (C=N–C) groups is 1. The van der Waals surface area contributed by atoms with Gasteiger partial charge in [-0.05, 0) is 18.9 Å². The van der Waals surface area contributed by atoms with Gasteiger partial charge in [-0.2, -0.15) is 0 Å². The average molecular weight is 363 g/mol. The number of nitrogens with one attached hydrogen (secondary N) is 1. The van der Waals surface area contributed by atoms with Gasteiger partial charge in [0.15, 0.2) is 11.6 Å². The lowest BCUT2D eigenvalue weighted by molar-refractivity contribution is -0.122. The summed E-state index contributed by atoms with van der Waals surface area (Å²) >= 11 is 0. The van der Waals surface area contributed by atoms with Crippen molar-refractivity contribution in [3.05, 3.63) is 11.8 Å². The van der Waals surface area contributed by atoms with Crippen LogP contribution in [0.1, 0.15) is 97.3 Å². The number of carbonyl (C=O) groups excluding carboxylic acids is 2. The molecule has 0 aromatic heterocycles.